The Bertz CT molecular complexity index is 930. The van der Waals surface area contributed by atoms with Crippen LogP contribution in [0.5, 0.6) is 0 Å². The molecule has 26 heavy (non-hydrogen) atoms. The van der Waals surface area contributed by atoms with Crippen LogP contribution in [0.15, 0.2) is 47.4 Å². The van der Waals surface area contributed by atoms with Gasteiger partial charge in [0.05, 0.1) is 10.6 Å². The number of hydrogen-bond acceptors (Lipinski definition) is 7. The SMILES string of the molecule is NS(=O)(=O)c1cc(C(=O)OCc2ccc(CO[N+](=O)[O-])cc2)ccc1Cl. The van der Waals surface area contributed by atoms with Crippen molar-refractivity contribution in [2.45, 2.75) is 18.1 Å². The molecule has 0 bridgehead atoms. The highest BCUT2D eigenvalue weighted by atomic mass is 35.5. The number of ether oxygens (including phenoxy) is 1. The van der Waals surface area contributed by atoms with Crippen LogP contribution in [0.25, 0.3) is 0 Å². The summed E-state index contributed by atoms with van der Waals surface area (Å²) in [7, 11) is -4.07. The lowest BCUT2D eigenvalue weighted by Crippen LogP contribution is -2.14. The molecule has 0 fully saturated rings. The Morgan fingerprint density at radius 3 is 2.23 bits per heavy atom. The second kappa shape index (κ2) is 8.13. The predicted molar refractivity (Wildman–Crippen MR) is 90.2 cm³/mol. The molecule has 2 rings (SSSR count). The van der Waals surface area contributed by atoms with Crippen molar-refractivity contribution in [3.8, 4) is 0 Å². The first kappa shape index (κ1) is 19.6. The molecule has 9 nitrogen and oxygen atoms in total. The maximum Gasteiger partial charge on any atom is 0.338 e. The molecule has 2 N–H and O–H groups in total. The van der Waals surface area contributed by atoms with Crippen molar-refractivity contribution in [1.29, 1.82) is 0 Å². The van der Waals surface area contributed by atoms with Gasteiger partial charge in [-0.05, 0) is 29.3 Å². The van der Waals surface area contributed by atoms with E-state index in [9.17, 15) is 23.3 Å². The lowest BCUT2D eigenvalue weighted by Gasteiger charge is -2.08. The maximum absolute atomic E-state index is 12.1. The van der Waals surface area contributed by atoms with Crippen molar-refractivity contribution in [1.82, 2.24) is 0 Å². The van der Waals surface area contributed by atoms with Gasteiger partial charge in [-0.25, -0.2) is 18.4 Å². The molecule has 0 aliphatic rings. The predicted octanol–water partition coefficient (Wildman–Crippen LogP) is 2.05. The van der Waals surface area contributed by atoms with E-state index in [1.807, 2.05) is 0 Å². The van der Waals surface area contributed by atoms with Crippen molar-refractivity contribution >= 4 is 27.6 Å². The fourth-order valence-corrected chi connectivity index (χ4v) is 3.01. The molecule has 0 radical (unpaired) electrons. The molecule has 138 valence electrons. The zero-order chi connectivity index (χ0) is 19.3. The Hall–Kier alpha value is -2.69. The molecule has 0 heterocycles. The van der Waals surface area contributed by atoms with E-state index in [0.717, 1.165) is 6.07 Å². The van der Waals surface area contributed by atoms with Gasteiger partial charge < -0.3 is 9.57 Å². The zero-order valence-corrected chi connectivity index (χ0v) is 14.7. The number of rotatable bonds is 7. The van der Waals surface area contributed by atoms with Crippen LogP contribution in [0, 0.1) is 10.1 Å². The Balaban J connectivity index is 2.01. The summed E-state index contributed by atoms with van der Waals surface area (Å²) in [6.07, 6.45) is 0. The number of esters is 1. The summed E-state index contributed by atoms with van der Waals surface area (Å²) in [5, 5.41) is 14.2. The second-order valence-electron chi connectivity index (χ2n) is 5.08. The van der Waals surface area contributed by atoms with Crippen LogP contribution in [-0.2, 0) is 32.8 Å². The van der Waals surface area contributed by atoms with Crippen LogP contribution < -0.4 is 5.14 Å². The average Bonchev–Trinajstić information content (AvgIpc) is 2.58. The minimum atomic E-state index is -4.07. The fraction of sp³-hybridized carbons (Fsp3) is 0.133. The van der Waals surface area contributed by atoms with Crippen LogP contribution in [0.4, 0.5) is 0 Å². The van der Waals surface area contributed by atoms with Gasteiger partial charge in [0.25, 0.3) is 5.09 Å². The fourth-order valence-electron chi connectivity index (χ4n) is 1.94. The number of halogens is 1. The van der Waals surface area contributed by atoms with E-state index in [1.54, 1.807) is 24.3 Å². The third kappa shape index (κ3) is 5.41. The van der Waals surface area contributed by atoms with Crippen LogP contribution in [0.1, 0.15) is 21.5 Å². The Labute approximate surface area is 153 Å². The Kier molecular flexibility index (Phi) is 6.14. The monoisotopic (exact) mass is 400 g/mol. The number of carbonyl (C=O) groups excluding carboxylic acids is 1. The molecular formula is C15H13ClN2O7S. The minimum Gasteiger partial charge on any atom is -0.457 e. The average molecular weight is 401 g/mol. The van der Waals surface area contributed by atoms with E-state index < -0.39 is 21.1 Å². The van der Waals surface area contributed by atoms with Crippen molar-refractivity contribution in [2.24, 2.45) is 5.14 Å². The topological polar surface area (TPSA) is 139 Å². The summed E-state index contributed by atoms with van der Waals surface area (Å²) in [6.45, 7) is -0.267. The number of hydrogen-bond donors (Lipinski definition) is 1. The first-order chi connectivity index (χ1) is 12.2. The van der Waals surface area contributed by atoms with E-state index in [1.165, 1.54) is 12.1 Å². The van der Waals surface area contributed by atoms with E-state index in [0.29, 0.717) is 11.1 Å². The van der Waals surface area contributed by atoms with Crippen molar-refractivity contribution < 1.29 is 27.9 Å². The van der Waals surface area contributed by atoms with Gasteiger partial charge in [-0.2, -0.15) is 0 Å². The molecule has 0 aromatic heterocycles. The molecule has 2 aromatic rings. The summed E-state index contributed by atoms with van der Waals surface area (Å²) in [5.74, 6) is -0.757. The Morgan fingerprint density at radius 2 is 1.69 bits per heavy atom. The molecule has 0 saturated heterocycles. The lowest BCUT2D eigenvalue weighted by atomic mass is 10.1. The highest BCUT2D eigenvalue weighted by Crippen LogP contribution is 2.22. The van der Waals surface area contributed by atoms with Crippen LogP contribution in [0.2, 0.25) is 5.02 Å². The summed E-state index contributed by atoms with van der Waals surface area (Å²) in [6, 6.07) is 10.0. The number of primary sulfonamides is 1. The number of carbonyl (C=O) groups is 1. The zero-order valence-electron chi connectivity index (χ0n) is 13.1. The van der Waals surface area contributed by atoms with Gasteiger partial charge in [0, 0.05) is 0 Å². The molecule has 0 aliphatic carbocycles. The van der Waals surface area contributed by atoms with Gasteiger partial charge in [0.15, 0.2) is 0 Å². The van der Waals surface area contributed by atoms with Gasteiger partial charge in [0.1, 0.15) is 18.1 Å². The summed E-state index contributed by atoms with van der Waals surface area (Å²) in [4.78, 5) is 26.1. The quantitative estimate of drug-likeness (QED) is 0.426. The van der Waals surface area contributed by atoms with E-state index in [-0.39, 0.29) is 28.7 Å². The van der Waals surface area contributed by atoms with E-state index >= 15 is 0 Å². The summed E-state index contributed by atoms with van der Waals surface area (Å²) >= 11 is 5.75. The molecule has 2 aromatic carbocycles. The van der Waals surface area contributed by atoms with Crippen LogP contribution in [-0.4, -0.2) is 19.5 Å². The highest BCUT2D eigenvalue weighted by molar-refractivity contribution is 7.89. The third-order valence-electron chi connectivity index (χ3n) is 3.20. The van der Waals surface area contributed by atoms with Crippen molar-refractivity contribution in [2.75, 3.05) is 0 Å². The highest BCUT2D eigenvalue weighted by Gasteiger charge is 2.17. The maximum atomic E-state index is 12.1. The Morgan fingerprint density at radius 1 is 1.12 bits per heavy atom. The molecule has 11 heteroatoms. The van der Waals surface area contributed by atoms with E-state index in [4.69, 9.17) is 21.5 Å². The largest absolute Gasteiger partial charge is 0.457 e. The van der Waals surface area contributed by atoms with Crippen molar-refractivity contribution in [3.05, 3.63) is 74.3 Å². The van der Waals surface area contributed by atoms with Gasteiger partial charge in [-0.15, -0.1) is 10.1 Å². The number of nitrogens with zero attached hydrogens (tertiary/aromatic N) is 1. The molecule has 0 aliphatic heterocycles. The third-order valence-corrected chi connectivity index (χ3v) is 4.60. The first-order valence-electron chi connectivity index (χ1n) is 7.01. The van der Waals surface area contributed by atoms with Crippen molar-refractivity contribution in [3.63, 3.8) is 0 Å². The number of sulfonamides is 1. The number of nitrogens with two attached hydrogens (primary N) is 1. The normalized spacial score (nSPS) is 11.0. The molecule has 0 spiro atoms. The number of benzene rings is 2. The molecule has 0 unspecified atom stereocenters. The van der Waals surface area contributed by atoms with Gasteiger partial charge in [-0.1, -0.05) is 35.9 Å². The second-order valence-corrected chi connectivity index (χ2v) is 7.02. The summed E-state index contributed by atoms with van der Waals surface area (Å²) < 4.78 is 28.0. The molecular weight excluding hydrogens is 388 g/mol. The van der Waals surface area contributed by atoms with Gasteiger partial charge >= 0.3 is 5.97 Å². The minimum absolute atomic E-state index is 0.0190. The smallest absolute Gasteiger partial charge is 0.338 e. The van der Waals surface area contributed by atoms with Gasteiger partial charge in [0.2, 0.25) is 10.0 Å². The van der Waals surface area contributed by atoms with Gasteiger partial charge in [-0.3, -0.25) is 0 Å². The van der Waals surface area contributed by atoms with Crippen LogP contribution >= 0.6 is 11.6 Å². The molecule has 0 saturated carbocycles. The molecule has 0 atom stereocenters. The lowest BCUT2D eigenvalue weighted by molar-refractivity contribution is -0.763. The van der Waals surface area contributed by atoms with E-state index in [2.05, 4.69) is 4.84 Å². The first-order valence-corrected chi connectivity index (χ1v) is 8.94. The summed E-state index contributed by atoms with van der Waals surface area (Å²) in [5.41, 5.74) is 1.19. The van der Waals surface area contributed by atoms with Crippen LogP contribution in [0.3, 0.4) is 0 Å². The standard InChI is InChI=1S/C15H13ClN2O7S/c16-13-6-5-12(7-14(13)26(17,22)23)15(19)24-8-10-1-3-11(4-2-10)9-25-18(20)21/h1-7H,8-9H2,(H2,17,22,23). The molecule has 0 amide bonds.